The lowest BCUT2D eigenvalue weighted by molar-refractivity contribution is 1.27. The van der Waals surface area contributed by atoms with Gasteiger partial charge in [0.2, 0.25) is 0 Å². The number of nitrogens with zero attached hydrogens (tertiary/aromatic N) is 2. The molecule has 0 amide bonds. The molecule has 0 fully saturated rings. The maximum absolute atomic E-state index is 5.63. The smallest absolute Gasteiger partial charge is 0.160 e. The molecule has 0 saturated heterocycles. The van der Waals surface area contributed by atoms with Crippen molar-refractivity contribution in [1.29, 1.82) is 0 Å². The lowest BCUT2D eigenvalue weighted by Crippen LogP contribution is -2.04. The van der Waals surface area contributed by atoms with E-state index in [0.29, 0.717) is 16.0 Å². The van der Waals surface area contributed by atoms with Crippen LogP contribution in [-0.2, 0) is 0 Å². The molecule has 2 N–H and O–H groups in total. The summed E-state index contributed by atoms with van der Waals surface area (Å²) in [6.45, 7) is 0. The predicted octanol–water partition coefficient (Wildman–Crippen LogP) is 2.04. The Balaban J connectivity index is 2.84. The van der Waals surface area contributed by atoms with Gasteiger partial charge in [0.15, 0.2) is 11.0 Å². The van der Waals surface area contributed by atoms with Crippen LogP contribution in [0.1, 0.15) is 0 Å². The maximum atomic E-state index is 5.63. The summed E-state index contributed by atoms with van der Waals surface area (Å²) in [4.78, 5) is 7.96. The van der Waals surface area contributed by atoms with Gasteiger partial charge in [0.1, 0.15) is 0 Å². The number of nitrogens with two attached hydrogens (primary N) is 1. The van der Waals surface area contributed by atoms with Crippen LogP contribution >= 0.6 is 23.4 Å². The Morgan fingerprint density at radius 3 is 2.92 bits per heavy atom. The summed E-state index contributed by atoms with van der Waals surface area (Å²) in [5.74, 6) is 0.575. The zero-order valence-electron chi connectivity index (χ0n) is 6.49. The number of hydrogen-bond donors (Lipinski definition) is 1. The van der Waals surface area contributed by atoms with Gasteiger partial charge in [-0.15, -0.1) is 0 Å². The van der Waals surface area contributed by atoms with Gasteiger partial charge in [-0.05, 0) is 18.4 Å². The Labute approximate surface area is 80.0 Å². The van der Waals surface area contributed by atoms with Gasteiger partial charge in [-0.2, -0.15) is 0 Å². The highest BCUT2D eigenvalue weighted by Crippen LogP contribution is 2.12. The van der Waals surface area contributed by atoms with Gasteiger partial charge in [0, 0.05) is 6.20 Å². The topological polar surface area (TPSA) is 51.3 Å². The van der Waals surface area contributed by atoms with E-state index in [1.165, 1.54) is 18.0 Å². The van der Waals surface area contributed by atoms with E-state index in [-0.39, 0.29) is 0 Å². The van der Waals surface area contributed by atoms with Crippen molar-refractivity contribution in [3.8, 4) is 0 Å². The minimum absolute atomic E-state index is 0.491. The van der Waals surface area contributed by atoms with E-state index < -0.39 is 0 Å². The first kappa shape index (κ1) is 9.35. The van der Waals surface area contributed by atoms with Crippen molar-refractivity contribution >= 4 is 34.3 Å². The van der Waals surface area contributed by atoms with Crippen LogP contribution in [0.25, 0.3) is 0 Å². The molecule has 1 aromatic rings. The number of rotatable bonds is 1. The van der Waals surface area contributed by atoms with E-state index >= 15 is 0 Å². The number of thioether (sulfide) groups is 1. The van der Waals surface area contributed by atoms with Gasteiger partial charge in [-0.1, -0.05) is 23.4 Å². The number of aromatic nitrogens is 1. The molecule has 0 radical (unpaired) electrons. The van der Waals surface area contributed by atoms with Gasteiger partial charge in [0.05, 0.1) is 5.02 Å². The number of halogens is 1. The summed E-state index contributed by atoms with van der Waals surface area (Å²) in [7, 11) is 0. The van der Waals surface area contributed by atoms with E-state index in [1.54, 1.807) is 12.1 Å². The molecule has 0 atom stereocenters. The molecule has 0 aliphatic heterocycles. The number of pyridine rings is 1. The fourth-order valence-corrected chi connectivity index (χ4v) is 0.889. The minimum Gasteiger partial charge on any atom is -0.378 e. The van der Waals surface area contributed by atoms with Crippen molar-refractivity contribution in [2.75, 3.05) is 6.26 Å². The van der Waals surface area contributed by atoms with E-state index in [9.17, 15) is 0 Å². The van der Waals surface area contributed by atoms with Crippen molar-refractivity contribution in [2.24, 2.45) is 10.7 Å². The van der Waals surface area contributed by atoms with E-state index in [4.69, 9.17) is 17.3 Å². The number of hydrogen-bond acceptors (Lipinski definition) is 3. The summed E-state index contributed by atoms with van der Waals surface area (Å²) in [6, 6.07) is 3.44. The highest BCUT2D eigenvalue weighted by Gasteiger charge is 1.92. The fourth-order valence-electron chi connectivity index (χ4n) is 0.593. The Hall–Kier alpha value is -0.740. The molecule has 64 valence electrons. The van der Waals surface area contributed by atoms with Crippen LogP contribution in [-0.4, -0.2) is 16.4 Å². The first-order chi connectivity index (χ1) is 5.72. The average molecular weight is 202 g/mol. The van der Waals surface area contributed by atoms with E-state index in [1.807, 2.05) is 6.26 Å². The van der Waals surface area contributed by atoms with Crippen molar-refractivity contribution in [2.45, 2.75) is 0 Å². The third-order valence-corrected chi connectivity index (χ3v) is 1.88. The van der Waals surface area contributed by atoms with Crippen molar-refractivity contribution in [3.05, 3.63) is 23.4 Å². The molecular weight excluding hydrogens is 194 g/mol. The van der Waals surface area contributed by atoms with E-state index in [2.05, 4.69) is 9.98 Å². The van der Waals surface area contributed by atoms with Crippen molar-refractivity contribution in [1.82, 2.24) is 4.98 Å². The lowest BCUT2D eigenvalue weighted by atomic mass is 10.5. The molecule has 0 aromatic carbocycles. The van der Waals surface area contributed by atoms with Gasteiger partial charge in [-0.25, -0.2) is 9.98 Å². The number of aliphatic imine (C=N–C) groups is 1. The normalized spacial score (nSPS) is 11.7. The molecule has 0 aliphatic rings. The second kappa shape index (κ2) is 4.33. The second-order valence-corrected chi connectivity index (χ2v) is 3.25. The van der Waals surface area contributed by atoms with Crippen LogP contribution in [0.3, 0.4) is 0 Å². The van der Waals surface area contributed by atoms with E-state index in [0.717, 1.165) is 0 Å². The highest BCUT2D eigenvalue weighted by molar-refractivity contribution is 8.13. The first-order valence-electron chi connectivity index (χ1n) is 3.22. The summed E-state index contributed by atoms with van der Waals surface area (Å²) >= 11 is 7.01. The molecule has 12 heavy (non-hydrogen) atoms. The zero-order valence-corrected chi connectivity index (χ0v) is 8.06. The molecule has 5 heteroatoms. The minimum atomic E-state index is 0.491. The third kappa shape index (κ3) is 2.71. The zero-order chi connectivity index (χ0) is 8.97. The van der Waals surface area contributed by atoms with Crippen LogP contribution in [0.5, 0.6) is 0 Å². The Kier molecular flexibility index (Phi) is 3.37. The SMILES string of the molecule is CSC(N)=Nc1ccc(Cl)cn1. The molecule has 0 spiro atoms. The van der Waals surface area contributed by atoms with Crippen LogP contribution in [0, 0.1) is 0 Å². The molecule has 0 aliphatic carbocycles. The monoisotopic (exact) mass is 201 g/mol. The second-order valence-electron chi connectivity index (χ2n) is 1.99. The fraction of sp³-hybridized carbons (Fsp3) is 0.143. The summed E-state index contributed by atoms with van der Waals surface area (Å²) in [5, 5.41) is 1.08. The van der Waals surface area contributed by atoms with Crippen LogP contribution in [0.4, 0.5) is 5.82 Å². The molecule has 0 unspecified atom stereocenters. The first-order valence-corrected chi connectivity index (χ1v) is 4.82. The third-order valence-electron chi connectivity index (χ3n) is 1.15. The van der Waals surface area contributed by atoms with Gasteiger partial charge < -0.3 is 5.73 Å². The largest absolute Gasteiger partial charge is 0.378 e. The molecule has 1 heterocycles. The Bertz CT molecular complexity index is 283. The molecule has 1 rings (SSSR count). The quantitative estimate of drug-likeness (QED) is 0.559. The molecular formula is C7H8ClN3S. The van der Waals surface area contributed by atoms with Crippen LogP contribution in [0.15, 0.2) is 23.3 Å². The van der Waals surface area contributed by atoms with Crippen molar-refractivity contribution in [3.63, 3.8) is 0 Å². The standard InChI is InChI=1S/C7H8ClN3S/c1-12-7(9)11-6-3-2-5(8)4-10-6/h2-4H,1H3,(H2,9,10,11). The lowest BCUT2D eigenvalue weighted by Gasteiger charge is -1.94. The average Bonchev–Trinajstić information content (AvgIpc) is 2.09. The molecule has 1 aromatic heterocycles. The highest BCUT2D eigenvalue weighted by atomic mass is 35.5. The number of amidine groups is 1. The van der Waals surface area contributed by atoms with Crippen LogP contribution in [0.2, 0.25) is 5.02 Å². The summed E-state index contributed by atoms with van der Waals surface area (Å²) in [5.41, 5.74) is 5.48. The summed E-state index contributed by atoms with van der Waals surface area (Å²) in [6.07, 6.45) is 3.39. The molecule has 0 bridgehead atoms. The van der Waals surface area contributed by atoms with Gasteiger partial charge in [0.25, 0.3) is 0 Å². The maximum Gasteiger partial charge on any atom is 0.160 e. The molecule has 3 nitrogen and oxygen atoms in total. The van der Waals surface area contributed by atoms with Gasteiger partial charge in [-0.3, -0.25) is 0 Å². The van der Waals surface area contributed by atoms with Crippen molar-refractivity contribution < 1.29 is 0 Å². The Morgan fingerprint density at radius 1 is 1.67 bits per heavy atom. The predicted molar refractivity (Wildman–Crippen MR) is 54.0 cm³/mol. The van der Waals surface area contributed by atoms with Crippen LogP contribution < -0.4 is 5.73 Å². The summed E-state index contributed by atoms with van der Waals surface area (Å²) < 4.78 is 0. The van der Waals surface area contributed by atoms with Gasteiger partial charge >= 0.3 is 0 Å². The molecule has 0 saturated carbocycles. The Morgan fingerprint density at radius 2 is 2.42 bits per heavy atom.